The molecule has 0 aliphatic carbocycles. The molecule has 1 aliphatic heterocycles. The monoisotopic (exact) mass is 494 g/mol. The van der Waals surface area contributed by atoms with Crippen molar-refractivity contribution >= 4 is 34.7 Å². The molecule has 1 aromatic carbocycles. The molecule has 1 aliphatic rings. The molecule has 0 N–H and O–H groups in total. The van der Waals surface area contributed by atoms with Gasteiger partial charge in [0.05, 0.1) is 29.5 Å². The maximum Gasteiger partial charge on any atom is 0.338 e. The molecular formula is C25H22N2O5S2. The molecule has 34 heavy (non-hydrogen) atoms. The number of nitrogens with zero attached hydrogens (tertiary/aromatic N) is 2. The van der Waals surface area contributed by atoms with E-state index in [1.54, 1.807) is 36.6 Å². The SMILES string of the molecule is C#CCOc1ccc(/C=c2\sc3n(c2=O)[C@H](c2cccs2)C(C(=O)OCC)=C(C)N=3)cc1OC. The molecule has 0 saturated carbocycles. The highest BCUT2D eigenvalue weighted by atomic mass is 32.1. The van der Waals surface area contributed by atoms with Crippen LogP contribution in [0.3, 0.4) is 0 Å². The van der Waals surface area contributed by atoms with Gasteiger partial charge in [0, 0.05) is 4.88 Å². The molecule has 174 valence electrons. The maximum atomic E-state index is 13.6. The Labute approximate surface area is 204 Å². The van der Waals surface area contributed by atoms with Crippen molar-refractivity contribution < 1.29 is 19.0 Å². The van der Waals surface area contributed by atoms with Gasteiger partial charge >= 0.3 is 5.97 Å². The number of rotatable bonds is 7. The van der Waals surface area contributed by atoms with Crippen molar-refractivity contribution in [2.75, 3.05) is 20.3 Å². The Morgan fingerprint density at radius 3 is 2.82 bits per heavy atom. The van der Waals surface area contributed by atoms with Crippen LogP contribution in [-0.4, -0.2) is 30.9 Å². The van der Waals surface area contributed by atoms with Gasteiger partial charge in [0.15, 0.2) is 16.3 Å². The highest BCUT2D eigenvalue weighted by Gasteiger charge is 2.33. The number of methoxy groups -OCH3 is 1. The lowest BCUT2D eigenvalue weighted by molar-refractivity contribution is -0.139. The lowest BCUT2D eigenvalue weighted by Crippen LogP contribution is -2.39. The summed E-state index contributed by atoms with van der Waals surface area (Å²) in [4.78, 5) is 32.3. The number of aromatic nitrogens is 1. The smallest absolute Gasteiger partial charge is 0.338 e. The number of ether oxygens (including phenoxy) is 3. The molecule has 1 atom stereocenters. The zero-order valence-corrected chi connectivity index (χ0v) is 20.5. The molecule has 0 amide bonds. The third-order valence-corrected chi connectivity index (χ3v) is 7.03. The number of benzene rings is 1. The number of thiazole rings is 1. The lowest BCUT2D eigenvalue weighted by Gasteiger charge is -2.23. The van der Waals surface area contributed by atoms with Gasteiger partial charge in [0.1, 0.15) is 12.6 Å². The summed E-state index contributed by atoms with van der Waals surface area (Å²) >= 11 is 2.74. The van der Waals surface area contributed by atoms with Crippen LogP contribution in [0, 0.1) is 12.3 Å². The predicted octanol–water partition coefficient (Wildman–Crippen LogP) is 2.88. The zero-order valence-electron chi connectivity index (χ0n) is 18.9. The second-order valence-corrected chi connectivity index (χ2v) is 9.21. The lowest BCUT2D eigenvalue weighted by atomic mass is 10.0. The fraction of sp³-hybridized carbons (Fsp3) is 0.240. The number of carbonyl (C=O) groups is 1. The molecule has 4 rings (SSSR count). The van der Waals surface area contributed by atoms with Crippen molar-refractivity contribution in [2.24, 2.45) is 4.99 Å². The van der Waals surface area contributed by atoms with E-state index in [-0.39, 0.29) is 18.8 Å². The number of carbonyl (C=O) groups excluding carboxylic acids is 1. The van der Waals surface area contributed by atoms with Crippen LogP contribution in [0.25, 0.3) is 6.08 Å². The third kappa shape index (κ3) is 4.42. The Balaban J connectivity index is 1.85. The van der Waals surface area contributed by atoms with Gasteiger partial charge in [-0.2, -0.15) is 0 Å². The molecule has 3 aromatic rings. The second-order valence-electron chi connectivity index (χ2n) is 7.22. The van der Waals surface area contributed by atoms with E-state index in [0.717, 1.165) is 10.4 Å². The summed E-state index contributed by atoms with van der Waals surface area (Å²) in [5, 5.41) is 1.92. The Kier molecular flexibility index (Phi) is 7.01. The van der Waals surface area contributed by atoms with E-state index in [0.29, 0.717) is 32.1 Å². The first kappa shape index (κ1) is 23.5. The quantitative estimate of drug-likeness (QED) is 0.373. The fourth-order valence-electron chi connectivity index (χ4n) is 3.67. The van der Waals surface area contributed by atoms with Gasteiger partial charge < -0.3 is 14.2 Å². The standard InChI is InChI=1S/C25H22N2O5S2/c1-5-11-32-17-10-9-16(13-18(17)30-4)14-20-23(28)27-22(19-8-7-12-33-19)21(24(29)31-6-2)15(3)26-25(27)34-20/h1,7-10,12-14,22H,6,11H2,2-4H3/b20-14-/t22-/m1/s1. The minimum Gasteiger partial charge on any atom is -0.493 e. The largest absolute Gasteiger partial charge is 0.493 e. The van der Waals surface area contributed by atoms with Crippen molar-refractivity contribution in [3.05, 3.63) is 77.1 Å². The number of esters is 1. The molecule has 0 unspecified atom stereocenters. The molecule has 0 spiro atoms. The van der Waals surface area contributed by atoms with Gasteiger partial charge in [-0.25, -0.2) is 9.79 Å². The van der Waals surface area contributed by atoms with Crippen molar-refractivity contribution in [2.45, 2.75) is 19.9 Å². The van der Waals surface area contributed by atoms with Crippen LogP contribution in [-0.2, 0) is 9.53 Å². The van der Waals surface area contributed by atoms with Gasteiger partial charge in [0.25, 0.3) is 5.56 Å². The third-order valence-electron chi connectivity index (χ3n) is 5.13. The number of hydrogen-bond donors (Lipinski definition) is 0. The molecule has 3 heterocycles. The topological polar surface area (TPSA) is 79.1 Å². The maximum absolute atomic E-state index is 13.6. The average molecular weight is 495 g/mol. The number of allylic oxidation sites excluding steroid dienone is 1. The summed E-state index contributed by atoms with van der Waals surface area (Å²) < 4.78 is 18.2. The molecule has 7 nitrogen and oxygen atoms in total. The van der Waals surface area contributed by atoms with Crippen molar-refractivity contribution in [3.8, 4) is 23.8 Å². The molecular weight excluding hydrogens is 472 g/mol. The van der Waals surface area contributed by atoms with Crippen LogP contribution < -0.4 is 24.4 Å². The minimum absolute atomic E-state index is 0.124. The first-order valence-corrected chi connectivity index (χ1v) is 12.2. The summed E-state index contributed by atoms with van der Waals surface area (Å²) in [5.41, 5.74) is 1.44. The Bertz CT molecular complexity index is 1470. The van der Waals surface area contributed by atoms with Crippen LogP contribution in [0.5, 0.6) is 11.5 Å². The zero-order chi connectivity index (χ0) is 24.2. The van der Waals surface area contributed by atoms with Gasteiger partial charge in [-0.05, 0) is 49.1 Å². The van der Waals surface area contributed by atoms with Crippen molar-refractivity contribution in [1.82, 2.24) is 4.57 Å². The van der Waals surface area contributed by atoms with Crippen LogP contribution in [0.4, 0.5) is 0 Å². The van der Waals surface area contributed by atoms with Gasteiger partial charge in [-0.15, -0.1) is 17.8 Å². The van der Waals surface area contributed by atoms with E-state index in [9.17, 15) is 9.59 Å². The highest BCUT2D eigenvalue weighted by molar-refractivity contribution is 7.10. The number of thiophene rings is 1. The molecule has 0 bridgehead atoms. The average Bonchev–Trinajstić information content (AvgIpc) is 3.46. The predicted molar refractivity (Wildman–Crippen MR) is 132 cm³/mol. The van der Waals surface area contributed by atoms with E-state index in [1.807, 2.05) is 23.6 Å². The number of fused-ring (bicyclic) bond motifs is 1. The normalized spacial score (nSPS) is 15.4. The molecule has 2 aromatic heterocycles. The van der Waals surface area contributed by atoms with Gasteiger partial charge in [0.2, 0.25) is 0 Å². The van der Waals surface area contributed by atoms with Gasteiger partial charge in [-0.1, -0.05) is 29.4 Å². The summed E-state index contributed by atoms with van der Waals surface area (Å²) in [6, 6.07) is 8.55. The Hall–Kier alpha value is -3.61. The molecule has 0 radical (unpaired) electrons. The second kappa shape index (κ2) is 10.1. The van der Waals surface area contributed by atoms with E-state index < -0.39 is 12.0 Å². The summed E-state index contributed by atoms with van der Waals surface area (Å²) in [5.74, 6) is 2.98. The van der Waals surface area contributed by atoms with Crippen molar-refractivity contribution in [1.29, 1.82) is 0 Å². The summed E-state index contributed by atoms with van der Waals surface area (Å²) in [6.07, 6.45) is 7.04. The molecule has 9 heteroatoms. The Morgan fingerprint density at radius 1 is 1.32 bits per heavy atom. The van der Waals surface area contributed by atoms with E-state index >= 15 is 0 Å². The van der Waals surface area contributed by atoms with Gasteiger partial charge in [-0.3, -0.25) is 9.36 Å². The highest BCUT2D eigenvalue weighted by Crippen LogP contribution is 2.33. The first-order chi connectivity index (χ1) is 16.5. The fourth-order valence-corrected chi connectivity index (χ4v) is 5.54. The first-order valence-electron chi connectivity index (χ1n) is 10.5. The van der Waals surface area contributed by atoms with Crippen LogP contribution in [0.2, 0.25) is 0 Å². The summed E-state index contributed by atoms with van der Waals surface area (Å²) in [7, 11) is 1.54. The van der Waals surface area contributed by atoms with E-state index in [1.165, 1.54) is 29.8 Å². The number of hydrogen-bond acceptors (Lipinski definition) is 8. The molecule has 0 saturated heterocycles. The van der Waals surface area contributed by atoms with Crippen molar-refractivity contribution in [3.63, 3.8) is 0 Å². The van der Waals surface area contributed by atoms with E-state index in [2.05, 4.69) is 10.9 Å². The van der Waals surface area contributed by atoms with Crippen LogP contribution >= 0.6 is 22.7 Å². The van der Waals surface area contributed by atoms with E-state index in [4.69, 9.17) is 20.6 Å². The van der Waals surface area contributed by atoms with Crippen LogP contribution in [0.1, 0.15) is 30.3 Å². The Morgan fingerprint density at radius 2 is 2.15 bits per heavy atom. The number of terminal acetylenes is 1. The molecule has 0 fully saturated rings. The summed E-state index contributed by atoms with van der Waals surface area (Å²) in [6.45, 7) is 3.88. The van der Waals surface area contributed by atoms with Crippen LogP contribution in [0.15, 0.2) is 56.8 Å². The minimum atomic E-state index is -0.591.